The van der Waals surface area contributed by atoms with Gasteiger partial charge in [-0.2, -0.15) is 0 Å². The summed E-state index contributed by atoms with van der Waals surface area (Å²) in [5.41, 5.74) is 1.06. The molecule has 0 unspecified atom stereocenters. The van der Waals surface area contributed by atoms with E-state index in [1.807, 2.05) is 6.07 Å². The van der Waals surface area contributed by atoms with Gasteiger partial charge in [-0.1, -0.05) is 12.1 Å². The Morgan fingerprint density at radius 3 is 2.80 bits per heavy atom. The van der Waals surface area contributed by atoms with Gasteiger partial charge in [-0.15, -0.1) is 0 Å². The molecule has 2 rings (SSSR count). The first-order valence-corrected chi connectivity index (χ1v) is 4.77. The Morgan fingerprint density at radius 1 is 1.40 bits per heavy atom. The predicted octanol–water partition coefficient (Wildman–Crippen LogP) is 0.859. The highest BCUT2D eigenvalue weighted by Gasteiger charge is 2.27. The van der Waals surface area contributed by atoms with Crippen LogP contribution in [-0.2, 0) is 4.74 Å². The van der Waals surface area contributed by atoms with Crippen molar-refractivity contribution in [2.45, 2.75) is 12.0 Å². The van der Waals surface area contributed by atoms with E-state index in [0.717, 1.165) is 5.56 Å². The summed E-state index contributed by atoms with van der Waals surface area (Å²) >= 11 is 0. The second kappa shape index (κ2) is 4.00. The number of hydrogen-bond donors (Lipinski definition) is 2. The number of benzene rings is 1. The van der Waals surface area contributed by atoms with Crippen LogP contribution >= 0.6 is 0 Å². The van der Waals surface area contributed by atoms with Gasteiger partial charge in [0.2, 0.25) is 0 Å². The van der Waals surface area contributed by atoms with Crippen molar-refractivity contribution in [1.29, 1.82) is 0 Å². The standard InChI is InChI=1S/C11H12O4/c12-10-6-15-5-9(10)7-2-1-3-8(4-7)11(13)14/h1-4,9-10,12H,5-6H2,(H,13,14)/t9-,10+/m1/s1. The van der Waals surface area contributed by atoms with E-state index >= 15 is 0 Å². The van der Waals surface area contributed by atoms with Crippen LogP contribution in [-0.4, -0.2) is 35.5 Å². The largest absolute Gasteiger partial charge is 0.478 e. The van der Waals surface area contributed by atoms with Crippen LogP contribution in [0.4, 0.5) is 0 Å². The highest BCUT2D eigenvalue weighted by atomic mass is 16.5. The van der Waals surface area contributed by atoms with Crippen LogP contribution in [0.1, 0.15) is 21.8 Å². The van der Waals surface area contributed by atoms with Crippen LogP contribution < -0.4 is 0 Å². The molecular formula is C11H12O4. The molecule has 1 aromatic carbocycles. The Bertz CT molecular complexity index is 375. The molecule has 1 saturated heterocycles. The monoisotopic (exact) mass is 208 g/mol. The maximum Gasteiger partial charge on any atom is 0.335 e. The lowest BCUT2D eigenvalue weighted by atomic mass is 9.95. The van der Waals surface area contributed by atoms with Gasteiger partial charge >= 0.3 is 5.97 Å². The lowest BCUT2D eigenvalue weighted by molar-refractivity contribution is 0.0696. The molecule has 1 aliphatic heterocycles. The highest BCUT2D eigenvalue weighted by molar-refractivity contribution is 5.87. The summed E-state index contributed by atoms with van der Waals surface area (Å²) in [5.74, 6) is -1.06. The van der Waals surface area contributed by atoms with Crippen LogP contribution in [0.3, 0.4) is 0 Å². The van der Waals surface area contributed by atoms with Gasteiger partial charge < -0.3 is 14.9 Å². The van der Waals surface area contributed by atoms with Crippen molar-refractivity contribution >= 4 is 5.97 Å². The normalized spacial score (nSPS) is 25.4. The average Bonchev–Trinajstić information content (AvgIpc) is 2.64. The van der Waals surface area contributed by atoms with Gasteiger partial charge in [0.25, 0.3) is 0 Å². The van der Waals surface area contributed by atoms with E-state index in [-0.39, 0.29) is 11.5 Å². The Morgan fingerprint density at radius 2 is 2.20 bits per heavy atom. The summed E-state index contributed by atoms with van der Waals surface area (Å²) in [6.07, 6.45) is -0.533. The van der Waals surface area contributed by atoms with Crippen LogP contribution in [0.15, 0.2) is 24.3 Å². The van der Waals surface area contributed by atoms with E-state index in [1.54, 1.807) is 12.1 Å². The Hall–Kier alpha value is -1.39. The second-order valence-electron chi connectivity index (χ2n) is 3.64. The maximum absolute atomic E-state index is 10.8. The number of hydrogen-bond acceptors (Lipinski definition) is 3. The first kappa shape index (κ1) is 10.1. The first-order valence-electron chi connectivity index (χ1n) is 4.77. The van der Waals surface area contributed by atoms with E-state index in [4.69, 9.17) is 9.84 Å². The Kier molecular flexibility index (Phi) is 2.70. The lowest BCUT2D eigenvalue weighted by Gasteiger charge is -2.12. The van der Waals surface area contributed by atoms with E-state index in [9.17, 15) is 9.90 Å². The maximum atomic E-state index is 10.8. The van der Waals surface area contributed by atoms with Crippen molar-refractivity contribution in [3.05, 3.63) is 35.4 Å². The number of aromatic carboxylic acids is 1. The minimum Gasteiger partial charge on any atom is -0.478 e. The van der Waals surface area contributed by atoms with Crippen molar-refractivity contribution in [2.24, 2.45) is 0 Å². The van der Waals surface area contributed by atoms with Gasteiger partial charge in [-0.25, -0.2) is 4.79 Å². The van der Waals surface area contributed by atoms with Gasteiger partial charge in [0.15, 0.2) is 0 Å². The summed E-state index contributed by atoms with van der Waals surface area (Å²) in [4.78, 5) is 10.8. The first-order chi connectivity index (χ1) is 7.18. The van der Waals surface area contributed by atoms with Gasteiger partial charge in [0.05, 0.1) is 24.9 Å². The van der Waals surface area contributed by atoms with Crippen LogP contribution in [0, 0.1) is 0 Å². The van der Waals surface area contributed by atoms with Gasteiger partial charge in [0.1, 0.15) is 0 Å². The summed E-state index contributed by atoms with van der Waals surface area (Å²) in [6, 6.07) is 6.62. The zero-order chi connectivity index (χ0) is 10.8. The van der Waals surface area contributed by atoms with E-state index < -0.39 is 12.1 Å². The lowest BCUT2D eigenvalue weighted by Crippen LogP contribution is -2.16. The minimum atomic E-state index is -0.953. The van der Waals surface area contributed by atoms with Crippen molar-refractivity contribution < 1.29 is 19.7 Å². The second-order valence-corrected chi connectivity index (χ2v) is 3.64. The smallest absolute Gasteiger partial charge is 0.335 e. The van der Waals surface area contributed by atoms with Gasteiger partial charge in [0, 0.05) is 5.92 Å². The number of carbonyl (C=O) groups is 1. The molecule has 1 aromatic rings. The zero-order valence-electron chi connectivity index (χ0n) is 8.09. The Balaban J connectivity index is 2.28. The van der Waals surface area contributed by atoms with E-state index in [0.29, 0.717) is 13.2 Å². The molecule has 2 atom stereocenters. The fourth-order valence-corrected chi connectivity index (χ4v) is 1.76. The minimum absolute atomic E-state index is 0.107. The number of carboxylic acid groups (broad SMARTS) is 1. The number of aliphatic hydroxyl groups excluding tert-OH is 1. The fourth-order valence-electron chi connectivity index (χ4n) is 1.76. The molecule has 0 saturated carbocycles. The molecule has 1 heterocycles. The molecule has 80 valence electrons. The molecule has 4 nitrogen and oxygen atoms in total. The molecule has 0 bridgehead atoms. The molecule has 0 aliphatic carbocycles. The van der Waals surface area contributed by atoms with E-state index in [1.165, 1.54) is 6.07 Å². The summed E-state index contributed by atoms with van der Waals surface area (Å²) in [6.45, 7) is 0.770. The summed E-state index contributed by atoms with van der Waals surface area (Å²) in [7, 11) is 0. The number of carboxylic acids is 1. The molecular weight excluding hydrogens is 196 g/mol. The highest BCUT2D eigenvalue weighted by Crippen LogP contribution is 2.26. The van der Waals surface area contributed by atoms with Crippen LogP contribution in [0.2, 0.25) is 0 Å². The predicted molar refractivity (Wildman–Crippen MR) is 53.0 cm³/mol. The molecule has 4 heteroatoms. The van der Waals surface area contributed by atoms with Crippen molar-refractivity contribution in [1.82, 2.24) is 0 Å². The van der Waals surface area contributed by atoms with Crippen molar-refractivity contribution in [3.8, 4) is 0 Å². The summed E-state index contributed by atoms with van der Waals surface area (Å²) < 4.78 is 5.13. The molecule has 0 amide bonds. The third-order valence-corrected chi connectivity index (χ3v) is 2.61. The third kappa shape index (κ3) is 2.00. The molecule has 2 N–H and O–H groups in total. The fraction of sp³-hybridized carbons (Fsp3) is 0.364. The molecule has 1 fully saturated rings. The average molecular weight is 208 g/mol. The molecule has 15 heavy (non-hydrogen) atoms. The van der Waals surface area contributed by atoms with Crippen LogP contribution in [0.25, 0.3) is 0 Å². The number of ether oxygens (including phenoxy) is 1. The third-order valence-electron chi connectivity index (χ3n) is 2.61. The zero-order valence-corrected chi connectivity index (χ0v) is 8.09. The Labute approximate surface area is 87.1 Å². The van der Waals surface area contributed by atoms with Crippen molar-refractivity contribution in [3.63, 3.8) is 0 Å². The van der Waals surface area contributed by atoms with E-state index in [2.05, 4.69) is 0 Å². The summed E-state index contributed by atoms with van der Waals surface area (Å²) in [5, 5.41) is 18.4. The molecule has 0 radical (unpaired) electrons. The number of aliphatic hydroxyl groups is 1. The quantitative estimate of drug-likeness (QED) is 0.756. The van der Waals surface area contributed by atoms with Crippen LogP contribution in [0.5, 0.6) is 0 Å². The van der Waals surface area contributed by atoms with Crippen molar-refractivity contribution in [2.75, 3.05) is 13.2 Å². The number of rotatable bonds is 2. The molecule has 0 aromatic heterocycles. The SMILES string of the molecule is O=C(O)c1cccc([C@H]2COC[C@@H]2O)c1. The van der Waals surface area contributed by atoms with Gasteiger partial charge in [-0.05, 0) is 17.7 Å². The topological polar surface area (TPSA) is 66.8 Å². The van der Waals surface area contributed by atoms with Gasteiger partial charge in [-0.3, -0.25) is 0 Å². The molecule has 0 spiro atoms. The molecule has 1 aliphatic rings.